The van der Waals surface area contributed by atoms with Crippen molar-refractivity contribution in [2.45, 2.75) is 19.3 Å². The zero-order chi connectivity index (χ0) is 15.1. The molecule has 0 fully saturated rings. The van der Waals surface area contributed by atoms with Crippen LogP contribution in [0.15, 0.2) is 47.8 Å². The minimum Gasteiger partial charge on any atom is -0.395 e. The van der Waals surface area contributed by atoms with Crippen LogP contribution in [0.2, 0.25) is 0 Å². The summed E-state index contributed by atoms with van der Waals surface area (Å²) in [5.74, 6) is -0.0604. The fourth-order valence-corrected chi connectivity index (χ4v) is 3.07. The van der Waals surface area contributed by atoms with E-state index in [1.807, 2.05) is 42.6 Å². The van der Waals surface area contributed by atoms with Crippen LogP contribution in [-0.2, 0) is 11.2 Å². The van der Waals surface area contributed by atoms with E-state index in [1.54, 1.807) is 16.2 Å². The number of hydrogen-bond acceptors (Lipinski definition) is 3. The smallest absolute Gasteiger partial charge is 0.230 e. The van der Waals surface area contributed by atoms with Crippen molar-refractivity contribution in [2.75, 3.05) is 19.7 Å². The van der Waals surface area contributed by atoms with E-state index in [2.05, 4.69) is 12.1 Å². The summed E-state index contributed by atoms with van der Waals surface area (Å²) in [4.78, 5) is 15.4. The largest absolute Gasteiger partial charge is 0.395 e. The lowest BCUT2D eigenvalue weighted by molar-refractivity contribution is -0.132. The molecule has 0 aliphatic heterocycles. The van der Waals surface area contributed by atoms with Crippen LogP contribution in [0.25, 0.3) is 0 Å². The Morgan fingerprint density at radius 2 is 1.95 bits per heavy atom. The van der Waals surface area contributed by atoms with Gasteiger partial charge in [0.15, 0.2) is 0 Å². The van der Waals surface area contributed by atoms with Crippen LogP contribution in [0, 0.1) is 0 Å². The van der Waals surface area contributed by atoms with Crippen LogP contribution in [0.3, 0.4) is 0 Å². The summed E-state index contributed by atoms with van der Waals surface area (Å²) in [5, 5.41) is 11.2. The van der Waals surface area contributed by atoms with Gasteiger partial charge in [0.05, 0.1) is 12.5 Å². The molecule has 2 rings (SSSR count). The monoisotopic (exact) mass is 303 g/mol. The van der Waals surface area contributed by atoms with Gasteiger partial charge in [0, 0.05) is 18.0 Å². The van der Waals surface area contributed by atoms with Gasteiger partial charge in [0.25, 0.3) is 0 Å². The number of thiophene rings is 1. The first-order chi connectivity index (χ1) is 10.2. The molecule has 1 unspecified atom stereocenters. The number of carbonyl (C=O) groups excluding carboxylic acids is 1. The van der Waals surface area contributed by atoms with Crippen LogP contribution < -0.4 is 0 Å². The van der Waals surface area contributed by atoms with Gasteiger partial charge < -0.3 is 10.0 Å². The highest BCUT2D eigenvalue weighted by atomic mass is 32.1. The topological polar surface area (TPSA) is 40.5 Å². The van der Waals surface area contributed by atoms with Gasteiger partial charge in [0.2, 0.25) is 5.91 Å². The minimum absolute atomic E-state index is 0.00229. The number of nitrogens with zero attached hydrogens (tertiary/aromatic N) is 1. The first kappa shape index (κ1) is 15.7. The third-order valence-electron chi connectivity index (χ3n) is 3.54. The molecule has 0 bridgehead atoms. The fraction of sp³-hybridized carbons (Fsp3) is 0.353. The average Bonchev–Trinajstić information content (AvgIpc) is 3.05. The molecule has 1 N–H and O–H groups in total. The fourth-order valence-electron chi connectivity index (χ4n) is 2.29. The standard InChI is InChI=1S/C17H21NO2S/c1-14(16-8-5-13-21-16)17(20)18(11-12-19)10-9-15-6-3-2-4-7-15/h2-8,13-14,19H,9-12H2,1H3. The molecule has 112 valence electrons. The lowest BCUT2D eigenvalue weighted by Gasteiger charge is -2.25. The van der Waals surface area contributed by atoms with Gasteiger partial charge in [-0.3, -0.25) is 4.79 Å². The molecular weight excluding hydrogens is 282 g/mol. The maximum atomic E-state index is 12.6. The molecule has 1 aromatic heterocycles. The molecule has 0 radical (unpaired) electrons. The molecular formula is C17H21NO2S. The van der Waals surface area contributed by atoms with Gasteiger partial charge >= 0.3 is 0 Å². The van der Waals surface area contributed by atoms with E-state index in [9.17, 15) is 9.90 Å². The van der Waals surface area contributed by atoms with E-state index in [-0.39, 0.29) is 18.4 Å². The molecule has 1 heterocycles. The molecule has 0 spiro atoms. The van der Waals surface area contributed by atoms with Gasteiger partial charge in [-0.2, -0.15) is 0 Å². The molecule has 0 saturated carbocycles. The predicted molar refractivity (Wildman–Crippen MR) is 86.5 cm³/mol. The number of benzene rings is 1. The number of rotatable bonds is 7. The van der Waals surface area contributed by atoms with Crippen molar-refractivity contribution in [3.63, 3.8) is 0 Å². The second-order valence-electron chi connectivity index (χ2n) is 5.02. The zero-order valence-corrected chi connectivity index (χ0v) is 13.1. The summed E-state index contributed by atoms with van der Waals surface area (Å²) in [6.07, 6.45) is 0.809. The molecule has 1 aromatic carbocycles. The molecule has 1 atom stereocenters. The highest BCUT2D eigenvalue weighted by Crippen LogP contribution is 2.22. The van der Waals surface area contributed by atoms with Crippen LogP contribution in [-0.4, -0.2) is 35.6 Å². The molecule has 4 heteroatoms. The van der Waals surface area contributed by atoms with Gasteiger partial charge in [-0.05, 0) is 30.4 Å². The summed E-state index contributed by atoms with van der Waals surface area (Å²) in [5.41, 5.74) is 1.21. The van der Waals surface area contributed by atoms with E-state index in [1.165, 1.54) is 5.56 Å². The van der Waals surface area contributed by atoms with E-state index >= 15 is 0 Å². The van der Waals surface area contributed by atoms with Gasteiger partial charge in [0.1, 0.15) is 0 Å². The van der Waals surface area contributed by atoms with Crippen molar-refractivity contribution < 1.29 is 9.90 Å². The first-order valence-electron chi connectivity index (χ1n) is 7.19. The Morgan fingerprint density at radius 3 is 2.57 bits per heavy atom. The normalized spacial score (nSPS) is 12.1. The maximum Gasteiger partial charge on any atom is 0.230 e. The van der Waals surface area contributed by atoms with Crippen molar-refractivity contribution in [3.8, 4) is 0 Å². The van der Waals surface area contributed by atoms with E-state index in [4.69, 9.17) is 0 Å². The third-order valence-corrected chi connectivity index (χ3v) is 4.59. The summed E-state index contributed by atoms with van der Waals surface area (Å²) in [6.45, 7) is 2.96. The second-order valence-corrected chi connectivity index (χ2v) is 6.00. The molecule has 3 nitrogen and oxygen atoms in total. The van der Waals surface area contributed by atoms with Gasteiger partial charge in [-0.25, -0.2) is 0 Å². The van der Waals surface area contributed by atoms with Crippen LogP contribution in [0.4, 0.5) is 0 Å². The quantitative estimate of drug-likeness (QED) is 0.854. The second kappa shape index (κ2) is 7.96. The van der Waals surface area contributed by atoms with E-state index in [0.717, 1.165) is 11.3 Å². The third kappa shape index (κ3) is 4.41. The van der Waals surface area contributed by atoms with E-state index < -0.39 is 0 Å². The Kier molecular flexibility index (Phi) is 5.96. The number of amides is 1. The molecule has 21 heavy (non-hydrogen) atoms. The van der Waals surface area contributed by atoms with Gasteiger partial charge in [-0.15, -0.1) is 11.3 Å². The van der Waals surface area contributed by atoms with Crippen molar-refractivity contribution in [1.29, 1.82) is 0 Å². The summed E-state index contributed by atoms with van der Waals surface area (Å²) in [6, 6.07) is 14.1. The average molecular weight is 303 g/mol. The van der Waals surface area contributed by atoms with Crippen molar-refractivity contribution in [2.24, 2.45) is 0 Å². The molecule has 2 aromatic rings. The Labute approximate surface area is 129 Å². The Hall–Kier alpha value is -1.65. The molecule has 0 aliphatic carbocycles. The number of hydrogen-bond donors (Lipinski definition) is 1. The predicted octanol–water partition coefficient (Wildman–Crippen LogP) is 2.92. The first-order valence-corrected chi connectivity index (χ1v) is 8.07. The molecule has 1 amide bonds. The lowest BCUT2D eigenvalue weighted by Crippen LogP contribution is -2.37. The van der Waals surface area contributed by atoms with Crippen LogP contribution in [0.5, 0.6) is 0 Å². The SMILES string of the molecule is CC(C(=O)N(CCO)CCc1ccccc1)c1cccs1. The van der Waals surface area contributed by atoms with Crippen LogP contribution >= 0.6 is 11.3 Å². The van der Waals surface area contributed by atoms with Crippen molar-refractivity contribution >= 4 is 17.2 Å². The highest BCUT2D eigenvalue weighted by molar-refractivity contribution is 7.10. The minimum atomic E-state index is -0.146. The summed E-state index contributed by atoms with van der Waals surface area (Å²) >= 11 is 1.60. The lowest BCUT2D eigenvalue weighted by atomic mass is 10.1. The van der Waals surface area contributed by atoms with Gasteiger partial charge in [-0.1, -0.05) is 36.4 Å². The zero-order valence-electron chi connectivity index (χ0n) is 12.2. The van der Waals surface area contributed by atoms with Crippen molar-refractivity contribution in [3.05, 3.63) is 58.3 Å². The van der Waals surface area contributed by atoms with Crippen LogP contribution in [0.1, 0.15) is 23.3 Å². The number of aliphatic hydroxyl groups excluding tert-OH is 1. The molecule has 0 saturated heterocycles. The molecule has 0 aliphatic rings. The Balaban J connectivity index is 1.99. The highest BCUT2D eigenvalue weighted by Gasteiger charge is 2.22. The number of carbonyl (C=O) groups is 1. The Morgan fingerprint density at radius 1 is 1.19 bits per heavy atom. The Bertz CT molecular complexity index is 539. The van der Waals surface area contributed by atoms with E-state index in [0.29, 0.717) is 13.1 Å². The summed E-state index contributed by atoms with van der Waals surface area (Å²) < 4.78 is 0. The maximum absolute atomic E-state index is 12.6. The van der Waals surface area contributed by atoms with Crippen molar-refractivity contribution in [1.82, 2.24) is 4.90 Å². The number of aliphatic hydroxyl groups is 1. The summed E-state index contributed by atoms with van der Waals surface area (Å²) in [7, 11) is 0.